The van der Waals surface area contributed by atoms with E-state index in [-0.39, 0.29) is 5.91 Å². The number of benzene rings is 2. The summed E-state index contributed by atoms with van der Waals surface area (Å²) in [6.45, 7) is 6.65. The predicted molar refractivity (Wildman–Crippen MR) is 130 cm³/mol. The third-order valence-corrected chi connectivity index (χ3v) is 5.57. The highest BCUT2D eigenvalue weighted by Gasteiger charge is 2.17. The first kappa shape index (κ1) is 22.6. The van der Waals surface area contributed by atoms with E-state index >= 15 is 0 Å². The summed E-state index contributed by atoms with van der Waals surface area (Å²) >= 11 is 6.60. The third-order valence-electron chi connectivity index (χ3n) is 5.27. The minimum Gasteiger partial charge on any atom is -0.492 e. The summed E-state index contributed by atoms with van der Waals surface area (Å²) in [5, 5.41) is 17.1. The average molecular weight is 466 g/mol. The lowest BCUT2D eigenvalue weighted by Gasteiger charge is -2.29. The molecule has 2 N–H and O–H groups in total. The fourth-order valence-corrected chi connectivity index (χ4v) is 4.09. The Labute approximate surface area is 197 Å². The number of ether oxygens (including phenoxy) is 2. The number of amides is 1. The maximum atomic E-state index is 11.7. The number of morpholine rings is 1. The van der Waals surface area contributed by atoms with Crippen LogP contribution in [-0.2, 0) is 9.53 Å². The maximum Gasteiger partial charge on any atom is 0.221 e. The van der Waals surface area contributed by atoms with Crippen molar-refractivity contribution < 1.29 is 14.3 Å². The highest BCUT2D eigenvalue weighted by Crippen LogP contribution is 2.37. The summed E-state index contributed by atoms with van der Waals surface area (Å²) in [4.78, 5) is 18.3. The first-order valence-electron chi connectivity index (χ1n) is 10.7. The van der Waals surface area contributed by atoms with Crippen molar-refractivity contribution in [3.63, 3.8) is 0 Å². The molecule has 0 atom stereocenters. The molecule has 0 saturated carbocycles. The van der Waals surface area contributed by atoms with Crippen LogP contribution in [0.3, 0.4) is 0 Å². The molecule has 0 radical (unpaired) electrons. The van der Waals surface area contributed by atoms with E-state index in [0.29, 0.717) is 58.4 Å². The van der Waals surface area contributed by atoms with E-state index in [2.05, 4.69) is 26.6 Å². The summed E-state index contributed by atoms with van der Waals surface area (Å²) in [6.07, 6.45) is 1.52. The normalized spacial score (nSPS) is 13.5. The lowest BCUT2D eigenvalue weighted by molar-refractivity contribution is -0.114. The summed E-state index contributed by atoms with van der Waals surface area (Å²) in [6, 6.07) is 11.4. The number of nitrogens with zero attached hydrogens (tertiary/aromatic N) is 3. The Hall–Kier alpha value is -3.54. The minimum absolute atomic E-state index is 0.223. The van der Waals surface area contributed by atoms with Crippen molar-refractivity contribution in [3.05, 3.63) is 47.1 Å². The van der Waals surface area contributed by atoms with E-state index in [4.69, 9.17) is 21.1 Å². The van der Waals surface area contributed by atoms with Gasteiger partial charge in [0.15, 0.2) is 0 Å². The summed E-state index contributed by atoms with van der Waals surface area (Å²) in [5.41, 5.74) is 3.76. The van der Waals surface area contributed by atoms with Crippen LogP contribution in [0.2, 0.25) is 5.02 Å². The van der Waals surface area contributed by atoms with Gasteiger partial charge < -0.3 is 25.0 Å². The molecular formula is C24H24ClN5O3. The lowest BCUT2D eigenvalue weighted by atomic mass is 10.1. The van der Waals surface area contributed by atoms with Gasteiger partial charge in [-0.2, -0.15) is 5.26 Å². The van der Waals surface area contributed by atoms with Gasteiger partial charge >= 0.3 is 0 Å². The van der Waals surface area contributed by atoms with E-state index in [1.165, 1.54) is 13.1 Å². The number of pyridine rings is 1. The van der Waals surface area contributed by atoms with Gasteiger partial charge in [-0.15, -0.1) is 0 Å². The Balaban J connectivity index is 1.75. The number of aromatic nitrogens is 1. The summed E-state index contributed by atoms with van der Waals surface area (Å²) in [7, 11) is 0. The molecule has 1 aromatic heterocycles. The molecule has 1 aliphatic rings. The molecule has 0 unspecified atom stereocenters. The molecule has 0 aliphatic carbocycles. The standard InChI is InChI=1S/C24H24ClN5O3/c1-3-33-23-12-20-18(11-21(23)28-15(2)31)24(16(13-26)14-27-20)29-17-4-5-22(19(25)10-17)30-6-8-32-9-7-30/h4-5,10-12,14H,3,6-9H2,1-2H3,(H,27,29)(H,28,31). The molecule has 170 valence electrons. The van der Waals surface area contributed by atoms with Crippen LogP contribution >= 0.6 is 11.6 Å². The van der Waals surface area contributed by atoms with Crippen LogP contribution in [0, 0.1) is 11.3 Å². The van der Waals surface area contributed by atoms with Crippen molar-refractivity contribution in [2.45, 2.75) is 13.8 Å². The van der Waals surface area contributed by atoms with Crippen LogP contribution in [0.5, 0.6) is 5.75 Å². The molecular weight excluding hydrogens is 442 g/mol. The Morgan fingerprint density at radius 1 is 1.30 bits per heavy atom. The fraction of sp³-hybridized carbons (Fsp3) is 0.292. The molecule has 1 fully saturated rings. The molecule has 0 bridgehead atoms. The molecule has 8 nitrogen and oxygen atoms in total. The van der Waals surface area contributed by atoms with Gasteiger partial charge in [-0.05, 0) is 31.2 Å². The number of hydrogen-bond acceptors (Lipinski definition) is 7. The minimum atomic E-state index is -0.223. The van der Waals surface area contributed by atoms with E-state index < -0.39 is 0 Å². The second kappa shape index (κ2) is 9.94. The van der Waals surface area contributed by atoms with E-state index in [1.54, 1.807) is 12.1 Å². The topological polar surface area (TPSA) is 99.5 Å². The van der Waals surface area contributed by atoms with Crippen LogP contribution in [0.1, 0.15) is 19.4 Å². The van der Waals surface area contributed by atoms with Crippen LogP contribution in [0.25, 0.3) is 10.9 Å². The lowest BCUT2D eigenvalue weighted by Crippen LogP contribution is -2.36. The van der Waals surface area contributed by atoms with E-state index in [9.17, 15) is 10.1 Å². The second-order valence-electron chi connectivity index (χ2n) is 7.53. The zero-order valence-corrected chi connectivity index (χ0v) is 19.2. The molecule has 1 saturated heterocycles. The number of carbonyl (C=O) groups is 1. The molecule has 1 aliphatic heterocycles. The highest BCUT2D eigenvalue weighted by molar-refractivity contribution is 6.33. The van der Waals surface area contributed by atoms with Crippen molar-refractivity contribution >= 4 is 51.2 Å². The van der Waals surface area contributed by atoms with Crippen LogP contribution in [-0.4, -0.2) is 43.8 Å². The molecule has 1 amide bonds. The molecule has 4 rings (SSSR count). The van der Waals surface area contributed by atoms with Crippen molar-refractivity contribution in [2.24, 2.45) is 0 Å². The Bertz CT molecular complexity index is 1230. The number of nitriles is 1. The number of carbonyl (C=O) groups excluding carboxylic acids is 1. The SMILES string of the molecule is CCOc1cc2ncc(C#N)c(Nc3ccc(N4CCOCC4)c(Cl)c3)c2cc1NC(C)=O. The first-order valence-corrected chi connectivity index (χ1v) is 11.0. The van der Waals surface area contributed by atoms with Crippen LogP contribution < -0.4 is 20.3 Å². The smallest absolute Gasteiger partial charge is 0.221 e. The Morgan fingerprint density at radius 2 is 2.09 bits per heavy atom. The molecule has 33 heavy (non-hydrogen) atoms. The number of hydrogen-bond donors (Lipinski definition) is 2. The van der Waals surface area contributed by atoms with Gasteiger partial charge in [-0.3, -0.25) is 9.78 Å². The Morgan fingerprint density at radius 3 is 2.76 bits per heavy atom. The summed E-state index contributed by atoms with van der Waals surface area (Å²) in [5.74, 6) is 0.293. The van der Waals surface area contributed by atoms with Gasteiger partial charge in [0, 0.05) is 43.4 Å². The van der Waals surface area contributed by atoms with Gasteiger partial charge in [-0.1, -0.05) is 11.6 Å². The predicted octanol–water partition coefficient (Wildman–Crippen LogP) is 4.70. The second-order valence-corrected chi connectivity index (χ2v) is 7.94. The zero-order chi connectivity index (χ0) is 23.4. The largest absolute Gasteiger partial charge is 0.492 e. The molecule has 2 heterocycles. The average Bonchev–Trinajstić information content (AvgIpc) is 2.80. The fourth-order valence-electron chi connectivity index (χ4n) is 3.79. The highest BCUT2D eigenvalue weighted by atomic mass is 35.5. The zero-order valence-electron chi connectivity index (χ0n) is 18.4. The third kappa shape index (κ3) is 4.95. The van der Waals surface area contributed by atoms with E-state index in [0.717, 1.165) is 24.5 Å². The monoisotopic (exact) mass is 465 g/mol. The number of nitrogens with one attached hydrogen (secondary N) is 2. The van der Waals surface area contributed by atoms with E-state index in [1.807, 2.05) is 25.1 Å². The Kier molecular flexibility index (Phi) is 6.82. The van der Waals surface area contributed by atoms with Crippen molar-refractivity contribution in [1.29, 1.82) is 5.26 Å². The number of fused-ring (bicyclic) bond motifs is 1. The van der Waals surface area contributed by atoms with Gasteiger partial charge in [0.05, 0.1) is 53.0 Å². The number of anilines is 4. The van der Waals surface area contributed by atoms with Crippen molar-refractivity contribution in [1.82, 2.24) is 4.98 Å². The summed E-state index contributed by atoms with van der Waals surface area (Å²) < 4.78 is 11.1. The van der Waals surface area contributed by atoms with Gasteiger partial charge in [0.1, 0.15) is 11.8 Å². The van der Waals surface area contributed by atoms with Crippen LogP contribution in [0.15, 0.2) is 36.5 Å². The van der Waals surface area contributed by atoms with Crippen LogP contribution in [0.4, 0.5) is 22.7 Å². The molecule has 2 aromatic carbocycles. The van der Waals surface area contributed by atoms with Gasteiger partial charge in [0.25, 0.3) is 0 Å². The quantitative estimate of drug-likeness (QED) is 0.544. The number of rotatable bonds is 6. The number of halogens is 1. The molecule has 0 spiro atoms. The first-order chi connectivity index (χ1) is 16.0. The van der Waals surface area contributed by atoms with Crippen molar-refractivity contribution in [3.8, 4) is 11.8 Å². The van der Waals surface area contributed by atoms with Gasteiger partial charge in [0.2, 0.25) is 5.91 Å². The molecule has 3 aromatic rings. The van der Waals surface area contributed by atoms with Crippen molar-refractivity contribution in [2.75, 3.05) is 48.4 Å². The van der Waals surface area contributed by atoms with Gasteiger partial charge in [-0.25, -0.2) is 0 Å². The maximum absolute atomic E-state index is 11.7. The molecule has 9 heteroatoms.